The van der Waals surface area contributed by atoms with Gasteiger partial charge in [0.15, 0.2) is 5.13 Å². The van der Waals surface area contributed by atoms with E-state index in [1.54, 1.807) is 11.3 Å². The van der Waals surface area contributed by atoms with Crippen molar-refractivity contribution in [3.8, 4) is 0 Å². The van der Waals surface area contributed by atoms with E-state index < -0.39 is 0 Å². The third kappa shape index (κ3) is 5.39. The van der Waals surface area contributed by atoms with Crippen LogP contribution < -0.4 is 4.90 Å². The van der Waals surface area contributed by atoms with E-state index in [4.69, 9.17) is 9.72 Å². The number of thiazole rings is 1. The summed E-state index contributed by atoms with van der Waals surface area (Å²) in [7, 11) is 0. The number of aryl methyl sites for hydroxylation is 1. The summed E-state index contributed by atoms with van der Waals surface area (Å²) < 4.78 is 7.44. The maximum atomic E-state index is 13.4. The van der Waals surface area contributed by atoms with Crippen LogP contribution >= 0.6 is 39.7 Å². The van der Waals surface area contributed by atoms with Crippen LogP contribution in [0.3, 0.4) is 0 Å². The van der Waals surface area contributed by atoms with Gasteiger partial charge in [-0.3, -0.25) is 14.6 Å². The molecule has 1 saturated heterocycles. The van der Waals surface area contributed by atoms with Crippen LogP contribution in [0, 0.1) is 6.92 Å². The van der Waals surface area contributed by atoms with Crippen LogP contribution in [0.5, 0.6) is 0 Å². The van der Waals surface area contributed by atoms with Gasteiger partial charge in [0, 0.05) is 36.2 Å². The second kappa shape index (κ2) is 10.7. The standard InChI is InChI=1S/C22H24BrN3O2S.ClH/c1-16-5-2-8-19-20(16)24-22(29-19)26(10-4-9-25-11-13-28-14-12-25)21(27)17-6-3-7-18(23)15-17;/h2-3,5-8,15H,4,9-14H2,1H3;1H. The maximum absolute atomic E-state index is 13.4. The number of ether oxygens (including phenoxy) is 1. The highest BCUT2D eigenvalue weighted by Gasteiger charge is 2.22. The van der Waals surface area contributed by atoms with Crippen LogP contribution in [0.25, 0.3) is 10.2 Å². The number of rotatable bonds is 6. The van der Waals surface area contributed by atoms with Crippen molar-refractivity contribution >= 4 is 60.9 Å². The summed E-state index contributed by atoms with van der Waals surface area (Å²) in [5.74, 6) is -0.00927. The third-order valence-corrected chi connectivity index (χ3v) is 6.65. The molecule has 0 radical (unpaired) electrons. The van der Waals surface area contributed by atoms with Gasteiger partial charge in [-0.05, 0) is 43.2 Å². The first kappa shape index (κ1) is 23.2. The molecular formula is C22H25BrClN3O2S. The van der Waals surface area contributed by atoms with Crippen LogP contribution in [0.4, 0.5) is 5.13 Å². The molecule has 4 rings (SSSR count). The van der Waals surface area contributed by atoms with Crippen molar-refractivity contribution in [1.29, 1.82) is 0 Å². The number of para-hydroxylation sites is 1. The number of anilines is 1. The van der Waals surface area contributed by atoms with Crippen molar-refractivity contribution in [2.24, 2.45) is 0 Å². The van der Waals surface area contributed by atoms with Crippen LogP contribution in [-0.2, 0) is 4.74 Å². The minimum Gasteiger partial charge on any atom is -0.379 e. The number of amides is 1. The van der Waals surface area contributed by atoms with Gasteiger partial charge in [-0.25, -0.2) is 4.98 Å². The van der Waals surface area contributed by atoms with Crippen molar-refractivity contribution in [2.75, 3.05) is 44.3 Å². The number of morpholine rings is 1. The van der Waals surface area contributed by atoms with Crippen LogP contribution in [0.1, 0.15) is 22.3 Å². The summed E-state index contributed by atoms with van der Waals surface area (Å²) in [6.07, 6.45) is 0.897. The Labute approximate surface area is 195 Å². The van der Waals surface area contributed by atoms with E-state index in [-0.39, 0.29) is 18.3 Å². The SMILES string of the molecule is Cc1cccc2sc(N(CCCN3CCOCC3)C(=O)c3cccc(Br)c3)nc12.Cl. The lowest BCUT2D eigenvalue weighted by Gasteiger charge is -2.27. The van der Waals surface area contributed by atoms with Gasteiger partial charge in [-0.1, -0.05) is 45.5 Å². The third-order valence-electron chi connectivity index (χ3n) is 5.12. The zero-order valence-electron chi connectivity index (χ0n) is 16.8. The molecule has 1 amide bonds. The van der Waals surface area contributed by atoms with Crippen LogP contribution in [0.15, 0.2) is 46.9 Å². The molecule has 0 saturated carbocycles. The molecule has 2 aromatic carbocycles. The minimum atomic E-state index is -0.00927. The molecule has 160 valence electrons. The predicted octanol–water partition coefficient (Wildman–Crippen LogP) is 5.16. The first-order valence-corrected chi connectivity index (χ1v) is 11.5. The first-order chi connectivity index (χ1) is 14.1. The molecule has 0 spiro atoms. The molecule has 30 heavy (non-hydrogen) atoms. The Balaban J connectivity index is 0.00000256. The summed E-state index contributed by atoms with van der Waals surface area (Å²) in [5.41, 5.74) is 2.78. The number of hydrogen-bond acceptors (Lipinski definition) is 5. The average Bonchev–Trinajstić information content (AvgIpc) is 3.17. The number of benzene rings is 2. The fourth-order valence-electron chi connectivity index (χ4n) is 3.53. The molecule has 2 heterocycles. The molecule has 0 aliphatic carbocycles. The summed E-state index contributed by atoms with van der Waals surface area (Å²) >= 11 is 5.06. The predicted molar refractivity (Wildman–Crippen MR) is 129 cm³/mol. The minimum absolute atomic E-state index is 0. The van der Waals surface area contributed by atoms with Crippen LogP contribution in [0.2, 0.25) is 0 Å². The fourth-order valence-corrected chi connectivity index (χ4v) is 5.00. The molecule has 1 fully saturated rings. The van der Waals surface area contributed by atoms with Gasteiger partial charge in [0.2, 0.25) is 0 Å². The van der Waals surface area contributed by atoms with E-state index >= 15 is 0 Å². The number of hydrogen-bond donors (Lipinski definition) is 0. The molecule has 0 N–H and O–H groups in total. The molecule has 0 unspecified atom stereocenters. The molecule has 3 aromatic rings. The van der Waals surface area contributed by atoms with E-state index in [2.05, 4.69) is 39.9 Å². The number of carbonyl (C=O) groups excluding carboxylic acids is 1. The van der Waals surface area contributed by atoms with Gasteiger partial charge in [-0.15, -0.1) is 12.4 Å². The Morgan fingerprint density at radius 3 is 2.73 bits per heavy atom. The molecule has 8 heteroatoms. The highest BCUT2D eigenvalue weighted by atomic mass is 79.9. The number of fused-ring (bicyclic) bond motifs is 1. The zero-order chi connectivity index (χ0) is 20.2. The Bertz CT molecular complexity index is 1010. The van der Waals surface area contributed by atoms with Gasteiger partial charge < -0.3 is 4.74 Å². The monoisotopic (exact) mass is 509 g/mol. The number of carbonyl (C=O) groups is 1. The fraction of sp³-hybridized carbons (Fsp3) is 0.364. The van der Waals surface area contributed by atoms with Crippen molar-refractivity contribution in [3.05, 3.63) is 58.1 Å². The van der Waals surface area contributed by atoms with E-state index in [9.17, 15) is 4.79 Å². The van der Waals surface area contributed by atoms with Crippen molar-refractivity contribution in [3.63, 3.8) is 0 Å². The largest absolute Gasteiger partial charge is 0.379 e. The Morgan fingerprint density at radius 1 is 1.23 bits per heavy atom. The van der Waals surface area contributed by atoms with Crippen LogP contribution in [-0.4, -0.2) is 55.2 Å². The van der Waals surface area contributed by atoms with Crippen molar-refractivity contribution in [1.82, 2.24) is 9.88 Å². The summed E-state index contributed by atoms with van der Waals surface area (Å²) in [4.78, 5) is 22.4. The highest BCUT2D eigenvalue weighted by molar-refractivity contribution is 9.10. The molecule has 0 bridgehead atoms. The molecule has 5 nitrogen and oxygen atoms in total. The number of aromatic nitrogens is 1. The molecule has 1 aliphatic heterocycles. The van der Waals surface area contributed by atoms with Gasteiger partial charge in [0.25, 0.3) is 5.91 Å². The first-order valence-electron chi connectivity index (χ1n) is 9.85. The smallest absolute Gasteiger partial charge is 0.260 e. The zero-order valence-corrected chi connectivity index (χ0v) is 20.1. The van der Waals surface area contributed by atoms with Gasteiger partial charge in [0.1, 0.15) is 0 Å². The second-order valence-corrected chi connectivity index (χ2v) is 9.12. The molecule has 1 aliphatic rings. The van der Waals surface area contributed by atoms with Gasteiger partial charge in [0.05, 0.1) is 23.4 Å². The van der Waals surface area contributed by atoms with Gasteiger partial charge in [-0.2, -0.15) is 0 Å². The number of nitrogens with zero attached hydrogens (tertiary/aromatic N) is 3. The van der Waals surface area contributed by atoms with E-state index in [0.717, 1.165) is 64.7 Å². The number of halogens is 2. The average molecular weight is 511 g/mol. The van der Waals surface area contributed by atoms with E-state index in [1.807, 2.05) is 35.2 Å². The lowest BCUT2D eigenvalue weighted by Crippen LogP contribution is -2.39. The molecular weight excluding hydrogens is 486 g/mol. The van der Waals surface area contributed by atoms with Crippen molar-refractivity contribution < 1.29 is 9.53 Å². The summed E-state index contributed by atoms with van der Waals surface area (Å²) in [6.45, 7) is 7.15. The van der Waals surface area contributed by atoms with Gasteiger partial charge >= 0.3 is 0 Å². The van der Waals surface area contributed by atoms with E-state index in [0.29, 0.717) is 12.1 Å². The topological polar surface area (TPSA) is 45.7 Å². The normalized spacial score (nSPS) is 14.5. The summed E-state index contributed by atoms with van der Waals surface area (Å²) in [6, 6.07) is 13.7. The Morgan fingerprint density at radius 2 is 2.00 bits per heavy atom. The Hall–Kier alpha value is -1.51. The highest BCUT2D eigenvalue weighted by Crippen LogP contribution is 2.31. The summed E-state index contributed by atoms with van der Waals surface area (Å²) in [5, 5.41) is 0.765. The Kier molecular flexibility index (Phi) is 8.25. The lowest BCUT2D eigenvalue weighted by atomic mass is 10.2. The lowest BCUT2D eigenvalue weighted by molar-refractivity contribution is 0.0376. The molecule has 1 aromatic heterocycles. The van der Waals surface area contributed by atoms with E-state index in [1.165, 1.54) is 0 Å². The van der Waals surface area contributed by atoms with Crippen molar-refractivity contribution in [2.45, 2.75) is 13.3 Å². The quantitative estimate of drug-likeness (QED) is 0.460. The molecule has 0 atom stereocenters. The maximum Gasteiger partial charge on any atom is 0.260 e. The second-order valence-electron chi connectivity index (χ2n) is 7.19.